The highest BCUT2D eigenvalue weighted by atomic mass is 16.5. The van der Waals surface area contributed by atoms with Crippen molar-refractivity contribution in [1.29, 1.82) is 0 Å². The molecule has 0 saturated carbocycles. The summed E-state index contributed by atoms with van der Waals surface area (Å²) in [4.78, 5) is 13.1. The van der Waals surface area contributed by atoms with E-state index in [2.05, 4.69) is 4.74 Å². The molecule has 0 radical (unpaired) electrons. The van der Waals surface area contributed by atoms with Crippen molar-refractivity contribution in [3.05, 3.63) is 0 Å². The Morgan fingerprint density at radius 1 is 1.71 bits per heavy atom. The van der Waals surface area contributed by atoms with Gasteiger partial charge in [0.15, 0.2) is 0 Å². The summed E-state index contributed by atoms with van der Waals surface area (Å²) in [6.45, 7) is 1.57. The molecule has 0 bridgehead atoms. The third-order valence-electron chi connectivity index (χ3n) is 2.49. The van der Waals surface area contributed by atoms with Crippen molar-refractivity contribution in [3.8, 4) is 0 Å². The molecular weight excluding hydrogens is 186 g/mol. The number of hydrogen-bond donors (Lipinski definition) is 2. The molecule has 82 valence electrons. The lowest BCUT2D eigenvalue weighted by atomic mass is 10.1. The van der Waals surface area contributed by atoms with E-state index in [9.17, 15) is 9.90 Å². The highest BCUT2D eigenvalue weighted by Gasteiger charge is 2.29. The predicted octanol–water partition coefficient (Wildman–Crippen LogP) is -1.17. The summed E-state index contributed by atoms with van der Waals surface area (Å²) in [5.41, 5.74) is 0. The molecule has 0 aliphatic carbocycles. The molecule has 2 atom stereocenters. The van der Waals surface area contributed by atoms with E-state index < -0.39 is 6.10 Å². The van der Waals surface area contributed by atoms with Crippen LogP contribution in [0.4, 0.5) is 0 Å². The van der Waals surface area contributed by atoms with Crippen LogP contribution in [0.5, 0.6) is 0 Å². The number of carbonyl (C=O) groups is 1. The molecule has 1 aliphatic heterocycles. The molecule has 1 fully saturated rings. The van der Waals surface area contributed by atoms with Crippen LogP contribution in [0.2, 0.25) is 0 Å². The van der Waals surface area contributed by atoms with Gasteiger partial charge < -0.3 is 14.9 Å². The zero-order valence-corrected chi connectivity index (χ0v) is 8.35. The second kappa shape index (κ2) is 5.29. The van der Waals surface area contributed by atoms with Gasteiger partial charge in [-0.3, -0.25) is 9.69 Å². The molecule has 5 nitrogen and oxygen atoms in total. The van der Waals surface area contributed by atoms with Gasteiger partial charge in [0, 0.05) is 13.1 Å². The largest absolute Gasteiger partial charge is 0.469 e. The predicted molar refractivity (Wildman–Crippen MR) is 49.7 cm³/mol. The summed E-state index contributed by atoms with van der Waals surface area (Å²) < 4.78 is 4.64. The fourth-order valence-corrected chi connectivity index (χ4v) is 1.71. The number of rotatable bonds is 4. The third kappa shape index (κ3) is 2.94. The van der Waals surface area contributed by atoms with E-state index in [1.54, 1.807) is 0 Å². The Morgan fingerprint density at radius 2 is 2.43 bits per heavy atom. The number of aliphatic hydroxyl groups excluding tert-OH is 2. The maximum Gasteiger partial charge on any atom is 0.310 e. The number of aliphatic hydroxyl groups is 2. The Morgan fingerprint density at radius 3 is 3.00 bits per heavy atom. The van der Waals surface area contributed by atoms with E-state index in [0.29, 0.717) is 13.1 Å². The Labute approximate surface area is 83.3 Å². The molecule has 1 heterocycles. The zero-order valence-electron chi connectivity index (χ0n) is 8.35. The van der Waals surface area contributed by atoms with E-state index in [4.69, 9.17) is 5.11 Å². The van der Waals surface area contributed by atoms with Gasteiger partial charge >= 0.3 is 5.97 Å². The summed E-state index contributed by atoms with van der Waals surface area (Å²) in [7, 11) is 1.38. The lowest BCUT2D eigenvalue weighted by Crippen LogP contribution is -2.33. The molecule has 1 aliphatic rings. The Bertz CT molecular complexity index is 197. The smallest absolute Gasteiger partial charge is 0.310 e. The lowest BCUT2D eigenvalue weighted by molar-refractivity contribution is -0.145. The zero-order chi connectivity index (χ0) is 10.6. The Kier molecular flexibility index (Phi) is 4.31. The van der Waals surface area contributed by atoms with E-state index in [-0.39, 0.29) is 18.5 Å². The average molecular weight is 203 g/mol. The molecule has 5 heteroatoms. The maximum absolute atomic E-state index is 11.2. The lowest BCUT2D eigenvalue weighted by Gasteiger charge is -2.18. The minimum Gasteiger partial charge on any atom is -0.469 e. The second-order valence-corrected chi connectivity index (χ2v) is 3.60. The molecule has 0 aromatic rings. The number of nitrogens with zero attached hydrogens (tertiary/aromatic N) is 1. The van der Waals surface area contributed by atoms with Crippen LogP contribution in [0.3, 0.4) is 0 Å². The van der Waals surface area contributed by atoms with Gasteiger partial charge in [-0.25, -0.2) is 0 Å². The van der Waals surface area contributed by atoms with Crippen LogP contribution in [-0.4, -0.2) is 60.5 Å². The van der Waals surface area contributed by atoms with Crippen LogP contribution in [0.15, 0.2) is 0 Å². The summed E-state index contributed by atoms with van der Waals surface area (Å²) >= 11 is 0. The number of β-amino-alcohol motifs (C(OH)–C–C–N with tert-alkyl or cyclic N) is 1. The quantitative estimate of drug-likeness (QED) is 0.564. The van der Waals surface area contributed by atoms with E-state index in [1.807, 2.05) is 4.90 Å². The fourth-order valence-electron chi connectivity index (χ4n) is 1.71. The van der Waals surface area contributed by atoms with Crippen LogP contribution >= 0.6 is 0 Å². The second-order valence-electron chi connectivity index (χ2n) is 3.60. The monoisotopic (exact) mass is 203 g/mol. The van der Waals surface area contributed by atoms with E-state index >= 15 is 0 Å². The van der Waals surface area contributed by atoms with Crippen LogP contribution < -0.4 is 0 Å². The van der Waals surface area contributed by atoms with Gasteiger partial charge in [0.05, 0.1) is 25.7 Å². The Hall–Kier alpha value is -0.650. The van der Waals surface area contributed by atoms with E-state index in [1.165, 1.54) is 7.11 Å². The summed E-state index contributed by atoms with van der Waals surface area (Å²) in [5, 5.41) is 17.8. The molecule has 14 heavy (non-hydrogen) atoms. The highest BCUT2D eigenvalue weighted by Crippen LogP contribution is 2.17. The van der Waals surface area contributed by atoms with Gasteiger partial charge in [-0.15, -0.1) is 0 Å². The van der Waals surface area contributed by atoms with Gasteiger partial charge in [-0.2, -0.15) is 0 Å². The summed E-state index contributed by atoms with van der Waals surface area (Å²) in [5.74, 6) is -0.267. The summed E-state index contributed by atoms with van der Waals surface area (Å²) in [6, 6.07) is 0. The average Bonchev–Trinajstić information content (AvgIpc) is 2.65. The highest BCUT2D eigenvalue weighted by molar-refractivity contribution is 5.72. The number of carbonyl (C=O) groups excluding carboxylic acids is 1. The first-order valence-corrected chi connectivity index (χ1v) is 4.76. The van der Waals surface area contributed by atoms with Gasteiger partial charge in [0.25, 0.3) is 0 Å². The Balaban J connectivity index is 2.30. The molecular formula is C9H17NO4. The van der Waals surface area contributed by atoms with Crippen LogP contribution in [-0.2, 0) is 9.53 Å². The van der Waals surface area contributed by atoms with E-state index in [0.717, 1.165) is 13.0 Å². The van der Waals surface area contributed by atoms with Crippen molar-refractivity contribution in [1.82, 2.24) is 4.90 Å². The number of likely N-dealkylation sites (tertiary alicyclic amines) is 1. The number of methoxy groups -OCH3 is 1. The fraction of sp³-hybridized carbons (Fsp3) is 0.889. The van der Waals surface area contributed by atoms with Gasteiger partial charge in [-0.1, -0.05) is 0 Å². The molecule has 1 rings (SSSR count). The SMILES string of the molecule is COC(=O)C1CCN(CC(O)CO)C1. The standard InChI is InChI=1S/C9H17NO4/c1-14-9(13)7-2-3-10(4-7)5-8(12)6-11/h7-8,11-12H,2-6H2,1H3. The first-order chi connectivity index (χ1) is 6.67. The normalized spacial score (nSPS) is 24.9. The minimum atomic E-state index is -0.716. The molecule has 2 N–H and O–H groups in total. The first kappa shape index (κ1) is 11.4. The number of esters is 1. The maximum atomic E-state index is 11.2. The van der Waals surface area contributed by atoms with Crippen molar-refractivity contribution < 1.29 is 19.7 Å². The molecule has 0 amide bonds. The first-order valence-electron chi connectivity index (χ1n) is 4.76. The van der Waals surface area contributed by atoms with Crippen molar-refractivity contribution in [3.63, 3.8) is 0 Å². The van der Waals surface area contributed by atoms with Crippen molar-refractivity contribution in [2.45, 2.75) is 12.5 Å². The van der Waals surface area contributed by atoms with Gasteiger partial charge in [0.1, 0.15) is 0 Å². The third-order valence-corrected chi connectivity index (χ3v) is 2.49. The molecule has 0 spiro atoms. The van der Waals surface area contributed by atoms with Crippen LogP contribution in [0.1, 0.15) is 6.42 Å². The molecule has 0 aromatic heterocycles. The molecule has 0 aromatic carbocycles. The van der Waals surface area contributed by atoms with Crippen molar-refractivity contribution in [2.75, 3.05) is 33.4 Å². The topological polar surface area (TPSA) is 70.0 Å². The number of hydrogen-bond acceptors (Lipinski definition) is 5. The minimum absolute atomic E-state index is 0.0779. The van der Waals surface area contributed by atoms with Gasteiger partial charge in [0.2, 0.25) is 0 Å². The van der Waals surface area contributed by atoms with Crippen LogP contribution in [0, 0.1) is 5.92 Å². The van der Waals surface area contributed by atoms with Crippen molar-refractivity contribution >= 4 is 5.97 Å². The molecule has 2 unspecified atom stereocenters. The van der Waals surface area contributed by atoms with Gasteiger partial charge in [-0.05, 0) is 13.0 Å². The van der Waals surface area contributed by atoms with Crippen molar-refractivity contribution in [2.24, 2.45) is 5.92 Å². The molecule has 1 saturated heterocycles. The number of ether oxygens (including phenoxy) is 1. The van der Waals surface area contributed by atoms with Crippen LogP contribution in [0.25, 0.3) is 0 Å². The summed E-state index contributed by atoms with van der Waals surface area (Å²) in [6.07, 6.45) is 0.0524.